The standard InChI is InChI=1S/C18H21ClN2O3/c1-11(7-14-5-4-6-15(19)9-14)21-17(22)10-20-18(23)16-8-12(2)24-13(16)3/h4-6,8-9,11H,7,10H2,1-3H3,(H,20,23)(H,21,22)/t11-/m1/s1. The van der Waals surface area contributed by atoms with Gasteiger partial charge in [0.1, 0.15) is 11.5 Å². The van der Waals surface area contributed by atoms with E-state index in [1.807, 2.05) is 31.2 Å². The fourth-order valence-corrected chi connectivity index (χ4v) is 2.72. The van der Waals surface area contributed by atoms with Gasteiger partial charge in [0.15, 0.2) is 0 Å². The molecule has 128 valence electrons. The number of aryl methyl sites for hydroxylation is 2. The molecule has 0 fully saturated rings. The van der Waals surface area contributed by atoms with E-state index in [2.05, 4.69) is 10.6 Å². The Bertz CT molecular complexity index is 740. The summed E-state index contributed by atoms with van der Waals surface area (Å²) < 4.78 is 5.31. The Labute approximate surface area is 146 Å². The lowest BCUT2D eigenvalue weighted by Crippen LogP contribution is -2.41. The van der Waals surface area contributed by atoms with Gasteiger partial charge in [-0.2, -0.15) is 0 Å². The quantitative estimate of drug-likeness (QED) is 0.842. The Hall–Kier alpha value is -2.27. The van der Waals surface area contributed by atoms with Gasteiger partial charge in [0.2, 0.25) is 5.91 Å². The van der Waals surface area contributed by atoms with Gasteiger partial charge in [-0.25, -0.2) is 0 Å². The van der Waals surface area contributed by atoms with E-state index >= 15 is 0 Å². The second kappa shape index (κ2) is 8.02. The molecule has 0 bridgehead atoms. The Morgan fingerprint density at radius 3 is 2.62 bits per heavy atom. The number of furan rings is 1. The van der Waals surface area contributed by atoms with Crippen molar-refractivity contribution in [1.82, 2.24) is 10.6 Å². The summed E-state index contributed by atoms with van der Waals surface area (Å²) in [5.74, 6) is 0.648. The third-order valence-electron chi connectivity index (χ3n) is 3.53. The van der Waals surface area contributed by atoms with Gasteiger partial charge in [0, 0.05) is 11.1 Å². The Morgan fingerprint density at radius 2 is 2.00 bits per heavy atom. The summed E-state index contributed by atoms with van der Waals surface area (Å²) in [5.41, 5.74) is 1.50. The normalized spacial score (nSPS) is 11.8. The molecular weight excluding hydrogens is 328 g/mol. The van der Waals surface area contributed by atoms with Gasteiger partial charge >= 0.3 is 0 Å². The molecule has 6 heteroatoms. The molecule has 0 saturated carbocycles. The molecule has 2 rings (SSSR count). The van der Waals surface area contributed by atoms with E-state index in [0.717, 1.165) is 5.56 Å². The molecule has 2 N–H and O–H groups in total. The number of hydrogen-bond acceptors (Lipinski definition) is 3. The van der Waals surface area contributed by atoms with Crippen molar-refractivity contribution < 1.29 is 14.0 Å². The number of benzene rings is 1. The van der Waals surface area contributed by atoms with Crippen LogP contribution in [0.15, 0.2) is 34.7 Å². The third-order valence-corrected chi connectivity index (χ3v) is 3.77. The number of hydrogen-bond donors (Lipinski definition) is 2. The molecule has 1 atom stereocenters. The Morgan fingerprint density at radius 1 is 1.25 bits per heavy atom. The topological polar surface area (TPSA) is 71.3 Å². The molecule has 24 heavy (non-hydrogen) atoms. The maximum Gasteiger partial charge on any atom is 0.255 e. The second-order valence-electron chi connectivity index (χ2n) is 5.81. The molecule has 0 spiro atoms. The van der Waals surface area contributed by atoms with E-state index in [-0.39, 0.29) is 24.4 Å². The van der Waals surface area contributed by atoms with Crippen molar-refractivity contribution in [3.05, 3.63) is 58.0 Å². The molecular formula is C18H21ClN2O3. The van der Waals surface area contributed by atoms with Gasteiger partial charge < -0.3 is 15.1 Å². The molecule has 2 amide bonds. The molecule has 0 unspecified atom stereocenters. The highest BCUT2D eigenvalue weighted by atomic mass is 35.5. The minimum Gasteiger partial charge on any atom is -0.466 e. The second-order valence-corrected chi connectivity index (χ2v) is 6.25. The molecule has 1 aromatic heterocycles. The SMILES string of the molecule is Cc1cc(C(=O)NCC(=O)N[C@H](C)Cc2cccc(Cl)c2)c(C)o1. The zero-order valence-electron chi connectivity index (χ0n) is 14.0. The lowest BCUT2D eigenvalue weighted by Gasteiger charge is -2.14. The van der Waals surface area contributed by atoms with Gasteiger partial charge in [0.25, 0.3) is 5.91 Å². The highest BCUT2D eigenvalue weighted by Gasteiger charge is 2.15. The van der Waals surface area contributed by atoms with E-state index < -0.39 is 0 Å². The lowest BCUT2D eigenvalue weighted by atomic mass is 10.1. The number of carbonyl (C=O) groups is 2. The van der Waals surface area contributed by atoms with Crippen LogP contribution in [0.5, 0.6) is 0 Å². The van der Waals surface area contributed by atoms with Crippen LogP contribution in [0.1, 0.15) is 34.4 Å². The summed E-state index contributed by atoms with van der Waals surface area (Å²) >= 11 is 5.95. The number of carbonyl (C=O) groups excluding carboxylic acids is 2. The number of halogens is 1. The van der Waals surface area contributed by atoms with Crippen LogP contribution >= 0.6 is 11.6 Å². The van der Waals surface area contributed by atoms with E-state index in [4.69, 9.17) is 16.0 Å². The Balaban J connectivity index is 1.80. The highest BCUT2D eigenvalue weighted by Crippen LogP contribution is 2.13. The minimum absolute atomic E-state index is 0.0641. The largest absolute Gasteiger partial charge is 0.466 e. The van der Waals surface area contributed by atoms with Gasteiger partial charge in [0.05, 0.1) is 12.1 Å². The summed E-state index contributed by atoms with van der Waals surface area (Å²) in [6, 6.07) is 9.11. The first-order valence-electron chi connectivity index (χ1n) is 7.74. The van der Waals surface area contributed by atoms with Crippen molar-refractivity contribution in [3.63, 3.8) is 0 Å². The fourth-order valence-electron chi connectivity index (χ4n) is 2.51. The molecule has 0 aliphatic carbocycles. The van der Waals surface area contributed by atoms with Crippen molar-refractivity contribution in [1.29, 1.82) is 0 Å². The van der Waals surface area contributed by atoms with Crippen LogP contribution in [0.25, 0.3) is 0 Å². The maximum absolute atomic E-state index is 12.0. The number of rotatable bonds is 6. The molecule has 5 nitrogen and oxygen atoms in total. The van der Waals surface area contributed by atoms with E-state index in [0.29, 0.717) is 28.5 Å². The monoisotopic (exact) mass is 348 g/mol. The van der Waals surface area contributed by atoms with Gasteiger partial charge in [-0.05, 0) is 51.0 Å². The van der Waals surface area contributed by atoms with Crippen LogP contribution in [0.3, 0.4) is 0 Å². The van der Waals surface area contributed by atoms with Crippen LogP contribution in [0, 0.1) is 13.8 Å². The number of amides is 2. The fraction of sp³-hybridized carbons (Fsp3) is 0.333. The predicted molar refractivity (Wildman–Crippen MR) is 93.3 cm³/mol. The summed E-state index contributed by atoms with van der Waals surface area (Å²) in [7, 11) is 0. The van der Waals surface area contributed by atoms with E-state index in [1.165, 1.54) is 0 Å². The zero-order chi connectivity index (χ0) is 17.7. The van der Waals surface area contributed by atoms with E-state index in [1.54, 1.807) is 19.9 Å². The zero-order valence-corrected chi connectivity index (χ0v) is 14.7. The maximum atomic E-state index is 12.0. The predicted octanol–water partition coefficient (Wildman–Crippen LogP) is 3.03. The average molecular weight is 349 g/mol. The van der Waals surface area contributed by atoms with Crippen molar-refractivity contribution >= 4 is 23.4 Å². The summed E-state index contributed by atoms with van der Waals surface area (Å²) in [6.45, 7) is 5.32. The van der Waals surface area contributed by atoms with Crippen LogP contribution < -0.4 is 10.6 Å². The Kier molecular flexibility index (Phi) is 6.04. The first-order chi connectivity index (χ1) is 11.3. The summed E-state index contributed by atoms with van der Waals surface area (Å²) in [5, 5.41) is 6.12. The van der Waals surface area contributed by atoms with Crippen LogP contribution in [0.2, 0.25) is 5.02 Å². The van der Waals surface area contributed by atoms with Crippen LogP contribution in [0.4, 0.5) is 0 Å². The molecule has 0 aliphatic rings. The molecule has 1 aromatic carbocycles. The van der Waals surface area contributed by atoms with E-state index in [9.17, 15) is 9.59 Å². The molecule has 2 aromatic rings. The highest BCUT2D eigenvalue weighted by molar-refractivity contribution is 6.30. The summed E-state index contributed by atoms with van der Waals surface area (Å²) in [6.07, 6.45) is 0.667. The molecule has 0 saturated heterocycles. The van der Waals surface area contributed by atoms with Gasteiger partial charge in [-0.1, -0.05) is 23.7 Å². The van der Waals surface area contributed by atoms with Crippen molar-refractivity contribution in [2.45, 2.75) is 33.2 Å². The van der Waals surface area contributed by atoms with Crippen molar-refractivity contribution in [2.75, 3.05) is 6.54 Å². The van der Waals surface area contributed by atoms with Crippen molar-refractivity contribution in [3.8, 4) is 0 Å². The first-order valence-corrected chi connectivity index (χ1v) is 8.12. The van der Waals surface area contributed by atoms with Crippen LogP contribution in [-0.2, 0) is 11.2 Å². The summed E-state index contributed by atoms with van der Waals surface area (Å²) in [4.78, 5) is 24.0. The minimum atomic E-state index is -0.318. The van der Waals surface area contributed by atoms with Crippen LogP contribution in [-0.4, -0.2) is 24.4 Å². The van der Waals surface area contributed by atoms with Gasteiger partial charge in [-0.15, -0.1) is 0 Å². The molecule has 0 aliphatic heterocycles. The first kappa shape index (κ1) is 18.1. The smallest absolute Gasteiger partial charge is 0.255 e. The number of nitrogens with one attached hydrogen (secondary N) is 2. The van der Waals surface area contributed by atoms with Gasteiger partial charge in [-0.3, -0.25) is 9.59 Å². The molecule has 1 heterocycles. The van der Waals surface area contributed by atoms with Crippen molar-refractivity contribution in [2.24, 2.45) is 0 Å². The average Bonchev–Trinajstić information content (AvgIpc) is 2.83. The molecule has 0 radical (unpaired) electrons. The lowest BCUT2D eigenvalue weighted by molar-refractivity contribution is -0.120. The third kappa shape index (κ3) is 5.13.